The largest absolute Gasteiger partial charge is 0.361 e. The van der Waals surface area contributed by atoms with Crippen molar-refractivity contribution in [2.75, 3.05) is 7.05 Å². The van der Waals surface area contributed by atoms with Gasteiger partial charge in [-0.1, -0.05) is 13.3 Å². The molecule has 0 bridgehead atoms. The number of amidine groups is 1. The van der Waals surface area contributed by atoms with E-state index in [9.17, 15) is 0 Å². The third-order valence-corrected chi connectivity index (χ3v) is 2.71. The van der Waals surface area contributed by atoms with Crippen LogP contribution in [0, 0.1) is 11.3 Å². The fraction of sp³-hybridized carbons (Fsp3) is 0.900. The lowest BCUT2D eigenvalue weighted by atomic mass is 10.1. The number of rotatable bonds is 4. The second-order valence-corrected chi connectivity index (χ2v) is 3.91. The van der Waals surface area contributed by atoms with Crippen molar-refractivity contribution >= 4 is 5.84 Å². The van der Waals surface area contributed by atoms with Crippen molar-refractivity contribution < 1.29 is 0 Å². The van der Waals surface area contributed by atoms with Gasteiger partial charge in [-0.2, -0.15) is 0 Å². The predicted molar refractivity (Wildman–Crippen MR) is 52.6 cm³/mol. The van der Waals surface area contributed by atoms with E-state index >= 15 is 0 Å². The molecule has 2 nitrogen and oxygen atoms in total. The van der Waals surface area contributed by atoms with Gasteiger partial charge in [-0.05, 0) is 26.2 Å². The molecule has 2 heteroatoms. The minimum atomic E-state index is 0.545. The summed E-state index contributed by atoms with van der Waals surface area (Å²) in [5.41, 5.74) is 0. The zero-order valence-electron chi connectivity index (χ0n) is 8.43. The Kier molecular flexibility index (Phi) is 3.12. The van der Waals surface area contributed by atoms with Crippen LogP contribution in [0.15, 0.2) is 0 Å². The first-order valence-corrected chi connectivity index (χ1v) is 4.98. The first-order chi connectivity index (χ1) is 5.66. The lowest BCUT2D eigenvalue weighted by Gasteiger charge is -2.27. The highest BCUT2D eigenvalue weighted by molar-refractivity contribution is 5.83. The minimum Gasteiger partial charge on any atom is -0.361 e. The molecular formula is C10H20N2. The van der Waals surface area contributed by atoms with Crippen LogP contribution in [0.3, 0.4) is 0 Å². The smallest absolute Gasteiger partial charge is 0.0989 e. The standard InChI is InChI=1S/C10H20N2/c1-4-5-8(2)12(3)10(11)9-6-7-9/h8-9,11H,4-7H2,1-3H3. The Morgan fingerprint density at radius 1 is 1.58 bits per heavy atom. The summed E-state index contributed by atoms with van der Waals surface area (Å²) in [6, 6.07) is 0.545. The maximum Gasteiger partial charge on any atom is 0.0989 e. The maximum atomic E-state index is 7.85. The van der Waals surface area contributed by atoms with Gasteiger partial charge in [0.15, 0.2) is 0 Å². The van der Waals surface area contributed by atoms with Gasteiger partial charge in [0.1, 0.15) is 0 Å². The quantitative estimate of drug-likeness (QED) is 0.507. The molecule has 1 aliphatic carbocycles. The molecule has 0 aromatic rings. The second kappa shape index (κ2) is 3.92. The van der Waals surface area contributed by atoms with E-state index in [1.54, 1.807) is 0 Å². The molecule has 0 heterocycles. The molecule has 1 fully saturated rings. The number of hydrogen-bond donors (Lipinski definition) is 1. The van der Waals surface area contributed by atoms with Gasteiger partial charge in [0.05, 0.1) is 5.84 Å². The zero-order valence-corrected chi connectivity index (χ0v) is 8.43. The van der Waals surface area contributed by atoms with Crippen LogP contribution in [0.5, 0.6) is 0 Å². The molecule has 0 radical (unpaired) electrons. The van der Waals surface area contributed by atoms with Crippen LogP contribution in [0.1, 0.15) is 39.5 Å². The normalized spacial score (nSPS) is 18.9. The summed E-state index contributed by atoms with van der Waals surface area (Å²) in [5, 5.41) is 7.85. The molecule has 0 saturated heterocycles. The van der Waals surface area contributed by atoms with Gasteiger partial charge >= 0.3 is 0 Å². The van der Waals surface area contributed by atoms with E-state index in [-0.39, 0.29) is 0 Å². The van der Waals surface area contributed by atoms with E-state index in [1.165, 1.54) is 25.7 Å². The molecule has 1 rings (SSSR count). The molecule has 70 valence electrons. The topological polar surface area (TPSA) is 27.1 Å². The highest BCUT2D eigenvalue weighted by atomic mass is 15.2. The van der Waals surface area contributed by atoms with Gasteiger partial charge in [0.2, 0.25) is 0 Å². The Bertz CT molecular complexity index is 161. The molecule has 1 N–H and O–H groups in total. The summed E-state index contributed by atoms with van der Waals surface area (Å²) < 4.78 is 0. The summed E-state index contributed by atoms with van der Waals surface area (Å²) in [6.07, 6.45) is 4.89. The van der Waals surface area contributed by atoms with Crippen LogP contribution in [-0.4, -0.2) is 23.8 Å². The van der Waals surface area contributed by atoms with Gasteiger partial charge in [-0.15, -0.1) is 0 Å². The van der Waals surface area contributed by atoms with Gasteiger partial charge in [-0.25, -0.2) is 0 Å². The number of nitrogens with one attached hydrogen (secondary N) is 1. The maximum absolute atomic E-state index is 7.85. The molecule has 0 aromatic carbocycles. The molecule has 1 atom stereocenters. The third-order valence-electron chi connectivity index (χ3n) is 2.71. The van der Waals surface area contributed by atoms with E-state index in [4.69, 9.17) is 5.41 Å². The zero-order chi connectivity index (χ0) is 9.14. The Balaban J connectivity index is 2.33. The van der Waals surface area contributed by atoms with Crippen LogP contribution in [-0.2, 0) is 0 Å². The molecule has 0 aromatic heterocycles. The van der Waals surface area contributed by atoms with Crippen molar-refractivity contribution in [3.63, 3.8) is 0 Å². The first kappa shape index (κ1) is 9.56. The lowest BCUT2D eigenvalue weighted by molar-refractivity contribution is 0.356. The third kappa shape index (κ3) is 2.23. The highest BCUT2D eigenvalue weighted by Crippen LogP contribution is 2.31. The van der Waals surface area contributed by atoms with Crippen molar-refractivity contribution in [1.82, 2.24) is 4.90 Å². The number of nitrogens with zero attached hydrogens (tertiary/aromatic N) is 1. The van der Waals surface area contributed by atoms with E-state index < -0.39 is 0 Å². The van der Waals surface area contributed by atoms with E-state index in [1.807, 2.05) is 0 Å². The summed E-state index contributed by atoms with van der Waals surface area (Å²) in [4.78, 5) is 2.14. The molecule has 12 heavy (non-hydrogen) atoms. The average Bonchev–Trinajstić information content (AvgIpc) is 2.84. The fourth-order valence-corrected chi connectivity index (χ4v) is 1.49. The average molecular weight is 168 g/mol. The Morgan fingerprint density at radius 3 is 2.58 bits per heavy atom. The van der Waals surface area contributed by atoms with Crippen LogP contribution in [0.4, 0.5) is 0 Å². The lowest BCUT2D eigenvalue weighted by Crippen LogP contribution is -2.35. The first-order valence-electron chi connectivity index (χ1n) is 4.98. The van der Waals surface area contributed by atoms with Crippen LogP contribution in [0.25, 0.3) is 0 Å². The van der Waals surface area contributed by atoms with Gasteiger partial charge in [-0.3, -0.25) is 5.41 Å². The Morgan fingerprint density at radius 2 is 2.17 bits per heavy atom. The van der Waals surface area contributed by atoms with Crippen molar-refractivity contribution in [3.8, 4) is 0 Å². The van der Waals surface area contributed by atoms with E-state index in [0.717, 1.165) is 5.84 Å². The Hall–Kier alpha value is -0.530. The van der Waals surface area contributed by atoms with Crippen molar-refractivity contribution in [2.45, 2.75) is 45.6 Å². The summed E-state index contributed by atoms with van der Waals surface area (Å²) >= 11 is 0. The van der Waals surface area contributed by atoms with E-state index in [0.29, 0.717) is 12.0 Å². The van der Waals surface area contributed by atoms with Gasteiger partial charge in [0.25, 0.3) is 0 Å². The van der Waals surface area contributed by atoms with Gasteiger partial charge in [0, 0.05) is 19.0 Å². The highest BCUT2D eigenvalue weighted by Gasteiger charge is 2.29. The molecule has 1 unspecified atom stereocenters. The van der Waals surface area contributed by atoms with Crippen LogP contribution < -0.4 is 0 Å². The number of hydrogen-bond acceptors (Lipinski definition) is 1. The molecule has 0 spiro atoms. The minimum absolute atomic E-state index is 0.545. The summed E-state index contributed by atoms with van der Waals surface area (Å²) in [6.45, 7) is 4.41. The molecule has 0 aliphatic heterocycles. The summed E-state index contributed by atoms with van der Waals surface area (Å²) in [7, 11) is 2.06. The van der Waals surface area contributed by atoms with Crippen molar-refractivity contribution in [1.29, 1.82) is 5.41 Å². The predicted octanol–water partition coefficient (Wildman–Crippen LogP) is 2.49. The molecule has 0 amide bonds. The van der Waals surface area contributed by atoms with E-state index in [2.05, 4.69) is 25.8 Å². The Labute approximate surface area is 75.5 Å². The van der Waals surface area contributed by atoms with Crippen LogP contribution >= 0.6 is 0 Å². The SMILES string of the molecule is CCCC(C)N(C)C(=N)C1CC1. The molecular weight excluding hydrogens is 148 g/mol. The second-order valence-electron chi connectivity index (χ2n) is 3.91. The fourth-order valence-electron chi connectivity index (χ4n) is 1.49. The molecule has 1 saturated carbocycles. The molecule has 1 aliphatic rings. The monoisotopic (exact) mass is 168 g/mol. The van der Waals surface area contributed by atoms with Crippen LogP contribution in [0.2, 0.25) is 0 Å². The summed E-state index contributed by atoms with van der Waals surface area (Å²) in [5.74, 6) is 1.45. The van der Waals surface area contributed by atoms with Gasteiger partial charge < -0.3 is 4.90 Å². The van der Waals surface area contributed by atoms with Crippen molar-refractivity contribution in [3.05, 3.63) is 0 Å². The van der Waals surface area contributed by atoms with Crippen molar-refractivity contribution in [2.24, 2.45) is 5.92 Å².